The highest BCUT2D eigenvalue weighted by Crippen LogP contribution is 2.23. The smallest absolute Gasteiger partial charge is 0.354 e. The number of amides is 2. The van der Waals surface area contributed by atoms with Gasteiger partial charge in [0, 0.05) is 4.47 Å². The van der Waals surface area contributed by atoms with Crippen molar-refractivity contribution in [1.29, 1.82) is 0 Å². The Morgan fingerprint density at radius 1 is 1.19 bits per heavy atom. The standard InChI is InChI=1S/C13H9BrFN3O3/c14-9-5-7(15)1-3-10(9)18-13(21)17-8-2-4-11(12(19)20)16-6-8/h1-6H,(H,19,20)(H2,17,18,21). The van der Waals surface area contributed by atoms with Crippen molar-refractivity contribution in [2.75, 3.05) is 10.6 Å². The van der Waals surface area contributed by atoms with Crippen LogP contribution in [-0.2, 0) is 0 Å². The fourth-order valence-electron chi connectivity index (χ4n) is 1.47. The third kappa shape index (κ3) is 3.99. The molecular formula is C13H9BrFN3O3. The molecule has 0 atom stereocenters. The molecule has 0 aliphatic carbocycles. The molecule has 0 fully saturated rings. The minimum atomic E-state index is -1.15. The van der Waals surface area contributed by atoms with Crippen LogP contribution in [0.5, 0.6) is 0 Å². The highest BCUT2D eigenvalue weighted by Gasteiger charge is 2.08. The van der Waals surface area contributed by atoms with E-state index in [1.165, 1.54) is 36.5 Å². The molecule has 0 unspecified atom stereocenters. The number of rotatable bonds is 3. The maximum atomic E-state index is 12.9. The molecule has 0 bridgehead atoms. The Balaban J connectivity index is 2.02. The lowest BCUT2D eigenvalue weighted by Gasteiger charge is -2.09. The average molecular weight is 354 g/mol. The number of hydrogen-bond acceptors (Lipinski definition) is 3. The third-order valence-corrected chi connectivity index (χ3v) is 3.08. The summed E-state index contributed by atoms with van der Waals surface area (Å²) in [4.78, 5) is 26.1. The topological polar surface area (TPSA) is 91.3 Å². The molecule has 21 heavy (non-hydrogen) atoms. The highest BCUT2D eigenvalue weighted by molar-refractivity contribution is 9.10. The first-order chi connectivity index (χ1) is 9.95. The van der Waals surface area contributed by atoms with E-state index in [1.807, 2.05) is 0 Å². The molecule has 0 aliphatic heterocycles. The van der Waals surface area contributed by atoms with Crippen LogP contribution in [0, 0.1) is 5.82 Å². The van der Waals surface area contributed by atoms with Gasteiger partial charge >= 0.3 is 12.0 Å². The molecule has 0 saturated heterocycles. The molecule has 2 amide bonds. The van der Waals surface area contributed by atoms with Crippen molar-refractivity contribution in [3.63, 3.8) is 0 Å². The van der Waals surface area contributed by atoms with Crippen LogP contribution in [0.3, 0.4) is 0 Å². The Morgan fingerprint density at radius 2 is 1.95 bits per heavy atom. The van der Waals surface area contributed by atoms with Gasteiger partial charge < -0.3 is 15.7 Å². The number of carboxylic acid groups (broad SMARTS) is 1. The third-order valence-electron chi connectivity index (χ3n) is 2.42. The van der Waals surface area contributed by atoms with Crippen LogP contribution >= 0.6 is 15.9 Å². The molecule has 0 saturated carbocycles. The zero-order chi connectivity index (χ0) is 15.4. The molecular weight excluding hydrogens is 345 g/mol. The van der Waals surface area contributed by atoms with Crippen molar-refractivity contribution >= 4 is 39.3 Å². The van der Waals surface area contributed by atoms with Crippen LogP contribution in [-0.4, -0.2) is 22.1 Å². The van der Waals surface area contributed by atoms with Gasteiger partial charge in [0.15, 0.2) is 0 Å². The lowest BCUT2D eigenvalue weighted by molar-refractivity contribution is 0.0690. The largest absolute Gasteiger partial charge is 0.477 e. The monoisotopic (exact) mass is 353 g/mol. The number of carbonyl (C=O) groups excluding carboxylic acids is 1. The average Bonchev–Trinajstić information content (AvgIpc) is 2.42. The van der Waals surface area contributed by atoms with Gasteiger partial charge in [0.1, 0.15) is 11.5 Å². The number of urea groups is 1. The lowest BCUT2D eigenvalue weighted by Crippen LogP contribution is -2.20. The number of aromatic nitrogens is 1. The fraction of sp³-hybridized carbons (Fsp3) is 0. The van der Waals surface area contributed by atoms with Crippen LogP contribution in [0.15, 0.2) is 41.0 Å². The Hall–Kier alpha value is -2.48. The van der Waals surface area contributed by atoms with Gasteiger partial charge in [0.25, 0.3) is 0 Å². The Bertz CT molecular complexity index is 692. The molecule has 1 aromatic carbocycles. The van der Waals surface area contributed by atoms with E-state index >= 15 is 0 Å². The number of benzene rings is 1. The van der Waals surface area contributed by atoms with Gasteiger partial charge in [-0.15, -0.1) is 0 Å². The van der Waals surface area contributed by atoms with Gasteiger partial charge in [-0.1, -0.05) is 0 Å². The summed E-state index contributed by atoms with van der Waals surface area (Å²) in [6.07, 6.45) is 1.22. The number of carboxylic acids is 1. The number of hydrogen-bond donors (Lipinski definition) is 3. The van der Waals surface area contributed by atoms with Crippen LogP contribution in [0.25, 0.3) is 0 Å². The normalized spacial score (nSPS) is 10.0. The van der Waals surface area contributed by atoms with Crippen LogP contribution in [0.2, 0.25) is 0 Å². The van der Waals surface area contributed by atoms with E-state index in [-0.39, 0.29) is 5.69 Å². The van der Waals surface area contributed by atoms with E-state index in [1.54, 1.807) is 0 Å². The SMILES string of the molecule is O=C(Nc1ccc(C(=O)O)nc1)Nc1ccc(F)cc1Br. The number of pyridine rings is 1. The van der Waals surface area contributed by atoms with Crippen molar-refractivity contribution in [1.82, 2.24) is 4.98 Å². The second kappa shape index (κ2) is 6.31. The minimum Gasteiger partial charge on any atom is -0.477 e. The van der Waals surface area contributed by atoms with Crippen molar-refractivity contribution in [2.45, 2.75) is 0 Å². The number of nitrogens with one attached hydrogen (secondary N) is 2. The van der Waals surface area contributed by atoms with Gasteiger partial charge in [0.05, 0.1) is 17.6 Å². The number of aromatic carboxylic acids is 1. The van der Waals surface area contributed by atoms with Crippen LogP contribution < -0.4 is 10.6 Å². The summed E-state index contributed by atoms with van der Waals surface area (Å²) in [5, 5.41) is 13.7. The summed E-state index contributed by atoms with van der Waals surface area (Å²) in [5.41, 5.74) is 0.599. The fourth-order valence-corrected chi connectivity index (χ4v) is 1.92. The molecule has 8 heteroatoms. The van der Waals surface area contributed by atoms with Crippen LogP contribution in [0.4, 0.5) is 20.6 Å². The summed E-state index contributed by atoms with van der Waals surface area (Å²) < 4.78 is 13.3. The van der Waals surface area contributed by atoms with Gasteiger partial charge in [0.2, 0.25) is 0 Å². The van der Waals surface area contributed by atoms with Crippen molar-refractivity contribution in [3.8, 4) is 0 Å². The van der Waals surface area contributed by atoms with E-state index in [0.29, 0.717) is 15.8 Å². The molecule has 0 radical (unpaired) electrons. The Labute approximate surface area is 127 Å². The number of anilines is 2. The van der Waals surface area contributed by atoms with Crippen molar-refractivity contribution in [2.24, 2.45) is 0 Å². The van der Waals surface area contributed by atoms with Gasteiger partial charge in [-0.2, -0.15) is 0 Å². The maximum Gasteiger partial charge on any atom is 0.354 e. The van der Waals surface area contributed by atoms with Gasteiger partial charge in [-0.25, -0.2) is 19.0 Å². The van der Waals surface area contributed by atoms with Crippen LogP contribution in [0.1, 0.15) is 10.5 Å². The quantitative estimate of drug-likeness (QED) is 0.789. The Morgan fingerprint density at radius 3 is 2.52 bits per heavy atom. The molecule has 0 aliphatic rings. The molecule has 3 N–H and O–H groups in total. The summed E-state index contributed by atoms with van der Waals surface area (Å²) in [5.74, 6) is -1.58. The number of carbonyl (C=O) groups is 2. The molecule has 1 heterocycles. The Kier molecular flexibility index (Phi) is 4.49. The predicted molar refractivity (Wildman–Crippen MR) is 77.9 cm³/mol. The second-order valence-corrected chi connectivity index (χ2v) is 4.79. The predicted octanol–water partition coefficient (Wildman–Crippen LogP) is 3.33. The van der Waals surface area contributed by atoms with Gasteiger partial charge in [-0.05, 0) is 46.3 Å². The molecule has 6 nitrogen and oxygen atoms in total. The summed E-state index contributed by atoms with van der Waals surface area (Å²) in [6.45, 7) is 0. The lowest BCUT2D eigenvalue weighted by atomic mass is 10.3. The molecule has 1 aromatic heterocycles. The first kappa shape index (κ1) is 14.9. The second-order valence-electron chi connectivity index (χ2n) is 3.94. The van der Waals surface area contributed by atoms with Crippen molar-refractivity contribution in [3.05, 3.63) is 52.5 Å². The summed E-state index contributed by atoms with van der Waals surface area (Å²) in [6, 6.07) is 5.96. The zero-order valence-electron chi connectivity index (χ0n) is 10.4. The maximum absolute atomic E-state index is 12.9. The van der Waals surface area contributed by atoms with Crippen molar-refractivity contribution < 1.29 is 19.1 Å². The zero-order valence-corrected chi connectivity index (χ0v) is 12.0. The first-order valence-electron chi connectivity index (χ1n) is 5.68. The minimum absolute atomic E-state index is 0.123. The number of halogens is 2. The summed E-state index contributed by atoms with van der Waals surface area (Å²) >= 11 is 3.13. The van der Waals surface area contributed by atoms with E-state index in [2.05, 4.69) is 31.5 Å². The molecule has 2 rings (SSSR count). The van der Waals surface area contributed by atoms with E-state index in [9.17, 15) is 14.0 Å². The number of nitrogens with zero attached hydrogens (tertiary/aromatic N) is 1. The molecule has 108 valence electrons. The van der Waals surface area contributed by atoms with E-state index in [0.717, 1.165) is 0 Å². The molecule has 2 aromatic rings. The highest BCUT2D eigenvalue weighted by atomic mass is 79.9. The summed E-state index contributed by atoms with van der Waals surface area (Å²) in [7, 11) is 0. The molecule has 0 spiro atoms. The van der Waals surface area contributed by atoms with E-state index < -0.39 is 17.8 Å². The van der Waals surface area contributed by atoms with Gasteiger partial charge in [-0.3, -0.25) is 0 Å². The first-order valence-corrected chi connectivity index (χ1v) is 6.47. The van der Waals surface area contributed by atoms with E-state index in [4.69, 9.17) is 5.11 Å².